The van der Waals surface area contributed by atoms with Gasteiger partial charge in [-0.05, 0) is 29.3 Å². The van der Waals surface area contributed by atoms with E-state index in [-0.39, 0.29) is 5.28 Å². The molecule has 3 nitrogen and oxygen atoms in total. The Bertz CT molecular complexity index is 526. The van der Waals surface area contributed by atoms with Gasteiger partial charge >= 0.3 is 0 Å². The third-order valence-electron chi connectivity index (χ3n) is 2.56. The molecule has 0 aliphatic heterocycles. The second-order valence-electron chi connectivity index (χ2n) is 4.45. The van der Waals surface area contributed by atoms with Crippen molar-refractivity contribution < 1.29 is 0 Å². The fourth-order valence-corrected chi connectivity index (χ4v) is 1.81. The van der Waals surface area contributed by atoms with Gasteiger partial charge < -0.3 is 5.32 Å². The van der Waals surface area contributed by atoms with Crippen molar-refractivity contribution in [2.45, 2.75) is 26.4 Å². The summed E-state index contributed by atoms with van der Waals surface area (Å²) < 4.78 is 0. The average molecular weight is 262 g/mol. The molecule has 94 valence electrons. The van der Waals surface area contributed by atoms with Crippen LogP contribution in [0, 0.1) is 0 Å². The molecule has 4 heteroatoms. The van der Waals surface area contributed by atoms with Crippen LogP contribution in [0.2, 0.25) is 5.28 Å². The maximum atomic E-state index is 5.80. The van der Waals surface area contributed by atoms with E-state index in [0.717, 1.165) is 17.8 Å². The smallest absolute Gasteiger partial charge is 0.222 e. The summed E-state index contributed by atoms with van der Waals surface area (Å²) in [4.78, 5) is 8.10. The molecule has 0 atom stereocenters. The molecule has 0 amide bonds. The summed E-state index contributed by atoms with van der Waals surface area (Å²) in [7, 11) is 0. The molecule has 1 N–H and O–H groups in total. The summed E-state index contributed by atoms with van der Waals surface area (Å²) in [5.41, 5.74) is 3.14. The minimum absolute atomic E-state index is 0.276. The zero-order valence-electron chi connectivity index (χ0n) is 10.5. The van der Waals surface area contributed by atoms with E-state index in [1.54, 1.807) is 6.20 Å². The van der Waals surface area contributed by atoms with Crippen LogP contribution >= 0.6 is 11.6 Å². The lowest BCUT2D eigenvalue weighted by atomic mass is 10.1. The van der Waals surface area contributed by atoms with Gasteiger partial charge in [0.15, 0.2) is 0 Å². The number of hydrogen-bond donors (Lipinski definition) is 1. The third kappa shape index (κ3) is 3.52. The van der Waals surface area contributed by atoms with Crippen molar-refractivity contribution in [1.29, 1.82) is 0 Å². The van der Waals surface area contributed by atoms with Gasteiger partial charge in [0, 0.05) is 24.3 Å². The summed E-state index contributed by atoms with van der Waals surface area (Å²) in [6, 6.07) is 10.6. The summed E-state index contributed by atoms with van der Waals surface area (Å²) in [6.07, 6.45) is 1.67. The first-order valence-electron chi connectivity index (χ1n) is 5.96. The Morgan fingerprint density at radius 2 is 2.11 bits per heavy atom. The van der Waals surface area contributed by atoms with E-state index in [1.807, 2.05) is 18.2 Å². The Hall–Kier alpha value is -1.45. The molecular formula is C14H16ClN3. The van der Waals surface area contributed by atoms with Crippen molar-refractivity contribution in [2.24, 2.45) is 0 Å². The lowest BCUT2D eigenvalue weighted by Gasteiger charge is -2.09. The Balaban J connectivity index is 2.21. The van der Waals surface area contributed by atoms with Crippen LogP contribution in [-0.4, -0.2) is 16.0 Å². The van der Waals surface area contributed by atoms with E-state index < -0.39 is 0 Å². The highest BCUT2D eigenvalue weighted by Gasteiger charge is 2.02. The molecule has 0 saturated heterocycles. The van der Waals surface area contributed by atoms with Gasteiger partial charge in [0.05, 0.1) is 5.69 Å². The van der Waals surface area contributed by atoms with Gasteiger partial charge in [-0.25, -0.2) is 9.97 Å². The van der Waals surface area contributed by atoms with Crippen LogP contribution in [0.3, 0.4) is 0 Å². The van der Waals surface area contributed by atoms with Crippen molar-refractivity contribution in [2.75, 3.05) is 0 Å². The van der Waals surface area contributed by atoms with Crippen LogP contribution in [0.1, 0.15) is 19.4 Å². The molecule has 0 fully saturated rings. The number of benzene rings is 1. The predicted octanol–water partition coefficient (Wildman–Crippen LogP) is 3.30. The molecule has 0 spiro atoms. The number of nitrogens with zero attached hydrogens (tertiary/aromatic N) is 2. The zero-order chi connectivity index (χ0) is 13.0. The van der Waals surface area contributed by atoms with Crippen LogP contribution in [0.5, 0.6) is 0 Å². The van der Waals surface area contributed by atoms with E-state index >= 15 is 0 Å². The molecule has 0 aliphatic rings. The molecule has 0 bridgehead atoms. The summed E-state index contributed by atoms with van der Waals surface area (Å²) in [6.45, 7) is 5.12. The Morgan fingerprint density at radius 1 is 1.28 bits per heavy atom. The third-order valence-corrected chi connectivity index (χ3v) is 2.75. The largest absolute Gasteiger partial charge is 0.310 e. The minimum Gasteiger partial charge on any atom is -0.310 e. The Morgan fingerprint density at radius 3 is 2.83 bits per heavy atom. The van der Waals surface area contributed by atoms with Crippen LogP contribution in [0.25, 0.3) is 11.3 Å². The minimum atomic E-state index is 0.276. The van der Waals surface area contributed by atoms with E-state index in [4.69, 9.17) is 11.6 Å². The van der Waals surface area contributed by atoms with Gasteiger partial charge in [0.2, 0.25) is 5.28 Å². The van der Waals surface area contributed by atoms with Crippen molar-refractivity contribution in [3.8, 4) is 11.3 Å². The standard InChI is InChI=1S/C14H16ClN3/c1-10(2)17-9-11-4-3-5-12(8-11)13-6-7-16-14(15)18-13/h3-8,10,17H,9H2,1-2H3. The van der Waals surface area contributed by atoms with Gasteiger partial charge in [0.1, 0.15) is 0 Å². The first kappa shape index (κ1) is 13.0. The molecule has 2 rings (SSSR count). The van der Waals surface area contributed by atoms with E-state index in [1.165, 1.54) is 5.56 Å². The maximum Gasteiger partial charge on any atom is 0.222 e. The summed E-state index contributed by atoms with van der Waals surface area (Å²) in [5, 5.41) is 3.67. The molecule has 0 saturated carbocycles. The Labute approximate surface area is 112 Å². The van der Waals surface area contributed by atoms with E-state index in [9.17, 15) is 0 Å². The summed E-state index contributed by atoms with van der Waals surface area (Å²) in [5.74, 6) is 0. The fraction of sp³-hybridized carbons (Fsp3) is 0.286. The lowest BCUT2D eigenvalue weighted by molar-refractivity contribution is 0.589. The van der Waals surface area contributed by atoms with Crippen LogP contribution < -0.4 is 5.32 Å². The van der Waals surface area contributed by atoms with E-state index in [0.29, 0.717) is 6.04 Å². The number of halogens is 1. The maximum absolute atomic E-state index is 5.80. The van der Waals surface area contributed by atoms with Gasteiger partial charge in [-0.3, -0.25) is 0 Å². The molecule has 1 heterocycles. The highest BCUT2D eigenvalue weighted by molar-refractivity contribution is 6.28. The molecular weight excluding hydrogens is 246 g/mol. The number of rotatable bonds is 4. The molecule has 2 aromatic rings. The molecule has 0 aliphatic carbocycles. The van der Waals surface area contributed by atoms with Crippen molar-refractivity contribution in [3.05, 3.63) is 47.4 Å². The van der Waals surface area contributed by atoms with Gasteiger partial charge in [-0.1, -0.05) is 32.0 Å². The highest BCUT2D eigenvalue weighted by Crippen LogP contribution is 2.19. The lowest BCUT2D eigenvalue weighted by Crippen LogP contribution is -2.21. The van der Waals surface area contributed by atoms with Gasteiger partial charge in [0.25, 0.3) is 0 Å². The number of nitrogens with one attached hydrogen (secondary N) is 1. The first-order chi connectivity index (χ1) is 8.65. The van der Waals surface area contributed by atoms with E-state index in [2.05, 4.69) is 41.3 Å². The second-order valence-corrected chi connectivity index (χ2v) is 4.78. The van der Waals surface area contributed by atoms with Crippen LogP contribution in [0.4, 0.5) is 0 Å². The predicted molar refractivity (Wildman–Crippen MR) is 74.5 cm³/mol. The number of aromatic nitrogens is 2. The molecule has 1 aromatic heterocycles. The highest BCUT2D eigenvalue weighted by atomic mass is 35.5. The molecule has 0 unspecified atom stereocenters. The fourth-order valence-electron chi connectivity index (χ4n) is 1.66. The molecule has 0 radical (unpaired) electrons. The van der Waals surface area contributed by atoms with Crippen molar-refractivity contribution in [3.63, 3.8) is 0 Å². The first-order valence-corrected chi connectivity index (χ1v) is 6.34. The SMILES string of the molecule is CC(C)NCc1cccc(-c2ccnc(Cl)n2)c1. The summed E-state index contributed by atoms with van der Waals surface area (Å²) >= 11 is 5.80. The van der Waals surface area contributed by atoms with Gasteiger partial charge in [-0.2, -0.15) is 0 Å². The average Bonchev–Trinajstić information content (AvgIpc) is 2.37. The van der Waals surface area contributed by atoms with Crippen molar-refractivity contribution in [1.82, 2.24) is 15.3 Å². The Kier molecular flexibility index (Phi) is 4.28. The topological polar surface area (TPSA) is 37.8 Å². The van der Waals surface area contributed by atoms with Crippen molar-refractivity contribution >= 4 is 11.6 Å². The van der Waals surface area contributed by atoms with Crippen LogP contribution in [0.15, 0.2) is 36.5 Å². The quantitative estimate of drug-likeness (QED) is 0.859. The normalized spacial score (nSPS) is 10.9. The zero-order valence-corrected chi connectivity index (χ0v) is 11.3. The number of hydrogen-bond acceptors (Lipinski definition) is 3. The van der Waals surface area contributed by atoms with Gasteiger partial charge in [-0.15, -0.1) is 0 Å². The van der Waals surface area contributed by atoms with Crippen LogP contribution in [-0.2, 0) is 6.54 Å². The molecule has 1 aromatic carbocycles. The second kappa shape index (κ2) is 5.94. The monoisotopic (exact) mass is 261 g/mol. The molecule has 18 heavy (non-hydrogen) atoms.